The number of thiophene rings is 1. The molecule has 1 aromatic heterocycles. The minimum absolute atomic E-state index is 0.0771. The highest BCUT2D eigenvalue weighted by atomic mass is 79.9. The van der Waals surface area contributed by atoms with E-state index >= 15 is 0 Å². The second-order valence-corrected chi connectivity index (χ2v) is 5.99. The van der Waals surface area contributed by atoms with Crippen molar-refractivity contribution in [1.29, 1.82) is 0 Å². The molecule has 0 bridgehead atoms. The van der Waals surface area contributed by atoms with Gasteiger partial charge in [-0.3, -0.25) is 0 Å². The zero-order valence-corrected chi connectivity index (χ0v) is 13.3. The zero-order chi connectivity index (χ0) is 14.7. The first kappa shape index (κ1) is 15.0. The number of benzene rings is 1. The largest absolute Gasteiger partial charge is 0.465 e. The van der Waals surface area contributed by atoms with Crippen LogP contribution < -0.4 is 5.32 Å². The Morgan fingerprint density at radius 2 is 2.20 bits per heavy atom. The van der Waals surface area contributed by atoms with E-state index in [0.717, 1.165) is 9.35 Å². The molecule has 0 aliphatic heterocycles. The Morgan fingerprint density at radius 3 is 2.80 bits per heavy atom. The van der Waals surface area contributed by atoms with Crippen LogP contribution in [0.25, 0.3) is 0 Å². The van der Waals surface area contributed by atoms with Gasteiger partial charge in [0.25, 0.3) is 0 Å². The van der Waals surface area contributed by atoms with Crippen LogP contribution in [0.2, 0.25) is 0 Å². The van der Waals surface area contributed by atoms with E-state index in [1.165, 1.54) is 25.3 Å². The summed E-state index contributed by atoms with van der Waals surface area (Å²) >= 11 is 5.02. The summed E-state index contributed by atoms with van der Waals surface area (Å²) in [6.45, 7) is 1.93. The number of carbonyl (C=O) groups is 1. The van der Waals surface area contributed by atoms with Gasteiger partial charge >= 0.3 is 5.97 Å². The number of methoxy groups -OCH3 is 1. The van der Waals surface area contributed by atoms with E-state index in [9.17, 15) is 9.18 Å². The Kier molecular flexibility index (Phi) is 4.77. The van der Waals surface area contributed by atoms with Crippen molar-refractivity contribution in [3.63, 3.8) is 0 Å². The minimum atomic E-state index is -0.488. The molecule has 1 atom stereocenters. The summed E-state index contributed by atoms with van der Waals surface area (Å²) in [5.41, 5.74) is 0.592. The molecule has 1 unspecified atom stereocenters. The second kappa shape index (κ2) is 6.37. The Labute approximate surface area is 128 Å². The highest BCUT2D eigenvalue weighted by Crippen LogP contribution is 2.31. The van der Waals surface area contributed by atoms with Gasteiger partial charge in [0.05, 0.1) is 24.4 Å². The van der Waals surface area contributed by atoms with Gasteiger partial charge < -0.3 is 10.1 Å². The van der Waals surface area contributed by atoms with E-state index in [0.29, 0.717) is 5.56 Å². The van der Waals surface area contributed by atoms with Crippen molar-refractivity contribution >= 4 is 38.9 Å². The standard InChI is InChI=1S/C14H13BrFNO2S/c1-8(13-10(15)5-6-20-13)17-12-7-9(14(18)19-2)3-4-11(12)16/h3-8,17H,1-2H3. The maximum absolute atomic E-state index is 13.8. The minimum Gasteiger partial charge on any atom is -0.465 e. The average Bonchev–Trinajstić information content (AvgIpc) is 2.86. The van der Waals surface area contributed by atoms with E-state index in [4.69, 9.17) is 0 Å². The number of hydrogen-bond donors (Lipinski definition) is 1. The van der Waals surface area contributed by atoms with Crippen molar-refractivity contribution in [2.24, 2.45) is 0 Å². The monoisotopic (exact) mass is 357 g/mol. The molecule has 0 aliphatic rings. The summed E-state index contributed by atoms with van der Waals surface area (Å²) in [7, 11) is 1.30. The summed E-state index contributed by atoms with van der Waals surface area (Å²) in [5.74, 6) is -0.893. The summed E-state index contributed by atoms with van der Waals surface area (Å²) in [6.07, 6.45) is 0. The lowest BCUT2D eigenvalue weighted by Gasteiger charge is -2.15. The number of anilines is 1. The number of esters is 1. The van der Waals surface area contributed by atoms with Gasteiger partial charge in [-0.1, -0.05) is 0 Å². The van der Waals surface area contributed by atoms with E-state index < -0.39 is 11.8 Å². The molecule has 0 aliphatic carbocycles. The van der Waals surface area contributed by atoms with Crippen LogP contribution in [0.4, 0.5) is 10.1 Å². The van der Waals surface area contributed by atoms with Crippen molar-refractivity contribution in [2.75, 3.05) is 12.4 Å². The van der Waals surface area contributed by atoms with E-state index in [1.807, 2.05) is 18.4 Å². The average molecular weight is 358 g/mol. The number of ether oxygens (including phenoxy) is 1. The lowest BCUT2D eigenvalue weighted by Crippen LogP contribution is -2.09. The molecule has 2 rings (SSSR count). The van der Waals surface area contributed by atoms with E-state index in [1.54, 1.807) is 11.3 Å². The summed E-state index contributed by atoms with van der Waals surface area (Å²) in [4.78, 5) is 12.5. The third-order valence-electron chi connectivity index (χ3n) is 2.80. The first-order valence-corrected chi connectivity index (χ1v) is 7.57. The normalized spacial score (nSPS) is 12.0. The molecule has 6 heteroatoms. The summed E-state index contributed by atoms with van der Waals surface area (Å²) < 4.78 is 19.4. The van der Waals surface area contributed by atoms with Crippen molar-refractivity contribution < 1.29 is 13.9 Å². The van der Waals surface area contributed by atoms with Crippen molar-refractivity contribution in [1.82, 2.24) is 0 Å². The molecule has 1 N–H and O–H groups in total. The van der Waals surface area contributed by atoms with Gasteiger partial charge in [0.1, 0.15) is 5.82 Å². The number of halogens is 2. The van der Waals surface area contributed by atoms with Gasteiger partial charge in [-0.2, -0.15) is 0 Å². The van der Waals surface area contributed by atoms with Gasteiger partial charge in [0, 0.05) is 9.35 Å². The Bertz CT molecular complexity index is 629. The fourth-order valence-electron chi connectivity index (χ4n) is 1.79. The third kappa shape index (κ3) is 3.19. The molecular formula is C14H13BrFNO2S. The highest BCUT2D eigenvalue weighted by Gasteiger charge is 2.15. The Hall–Kier alpha value is -1.40. The predicted molar refractivity (Wildman–Crippen MR) is 81.8 cm³/mol. The van der Waals surface area contributed by atoms with Crippen molar-refractivity contribution in [3.05, 3.63) is 50.4 Å². The third-order valence-corrected chi connectivity index (χ3v) is 4.85. The van der Waals surface area contributed by atoms with Crippen LogP contribution in [0, 0.1) is 5.82 Å². The fraction of sp³-hybridized carbons (Fsp3) is 0.214. The maximum atomic E-state index is 13.8. The lowest BCUT2D eigenvalue weighted by atomic mass is 10.1. The molecule has 0 saturated carbocycles. The van der Waals surface area contributed by atoms with Gasteiger partial charge in [0.15, 0.2) is 0 Å². The van der Waals surface area contributed by atoms with Crippen molar-refractivity contribution in [3.8, 4) is 0 Å². The Morgan fingerprint density at radius 1 is 1.45 bits per heavy atom. The molecule has 0 fully saturated rings. The molecule has 1 aromatic carbocycles. The van der Waals surface area contributed by atoms with E-state index in [-0.39, 0.29) is 11.7 Å². The Balaban J connectivity index is 2.24. The molecule has 0 radical (unpaired) electrons. The molecule has 1 heterocycles. The zero-order valence-electron chi connectivity index (χ0n) is 10.9. The SMILES string of the molecule is COC(=O)c1ccc(F)c(NC(C)c2sccc2Br)c1. The van der Waals surface area contributed by atoms with Crippen LogP contribution >= 0.6 is 27.3 Å². The molecule has 20 heavy (non-hydrogen) atoms. The number of carbonyl (C=O) groups excluding carboxylic acids is 1. The van der Waals surface area contributed by atoms with Crippen LogP contribution in [-0.4, -0.2) is 13.1 Å². The van der Waals surface area contributed by atoms with Crippen molar-refractivity contribution in [2.45, 2.75) is 13.0 Å². The van der Waals surface area contributed by atoms with Gasteiger partial charge in [-0.05, 0) is 52.5 Å². The van der Waals surface area contributed by atoms with Crippen LogP contribution in [0.15, 0.2) is 34.1 Å². The molecular weight excluding hydrogens is 345 g/mol. The smallest absolute Gasteiger partial charge is 0.337 e. The number of hydrogen-bond acceptors (Lipinski definition) is 4. The molecule has 3 nitrogen and oxygen atoms in total. The van der Waals surface area contributed by atoms with Crippen LogP contribution in [-0.2, 0) is 4.74 Å². The topological polar surface area (TPSA) is 38.3 Å². The number of nitrogens with one attached hydrogen (secondary N) is 1. The summed E-state index contributed by atoms with van der Waals surface area (Å²) in [5, 5.41) is 5.03. The molecule has 106 valence electrons. The van der Waals surface area contributed by atoms with Crippen LogP contribution in [0.3, 0.4) is 0 Å². The van der Waals surface area contributed by atoms with Crippen LogP contribution in [0.1, 0.15) is 28.2 Å². The molecule has 0 amide bonds. The van der Waals surface area contributed by atoms with Gasteiger partial charge in [-0.15, -0.1) is 11.3 Å². The maximum Gasteiger partial charge on any atom is 0.337 e. The predicted octanol–water partition coefficient (Wildman–Crippen LogP) is 4.61. The fourth-order valence-corrected chi connectivity index (χ4v) is 3.52. The first-order valence-electron chi connectivity index (χ1n) is 5.90. The van der Waals surface area contributed by atoms with Gasteiger partial charge in [-0.25, -0.2) is 9.18 Å². The lowest BCUT2D eigenvalue weighted by molar-refractivity contribution is 0.0600. The van der Waals surface area contributed by atoms with Crippen LogP contribution in [0.5, 0.6) is 0 Å². The molecule has 2 aromatic rings. The highest BCUT2D eigenvalue weighted by molar-refractivity contribution is 9.10. The van der Waals surface area contributed by atoms with Gasteiger partial charge in [0.2, 0.25) is 0 Å². The molecule has 0 spiro atoms. The molecule has 0 saturated heterocycles. The van der Waals surface area contributed by atoms with E-state index in [2.05, 4.69) is 26.0 Å². The quantitative estimate of drug-likeness (QED) is 0.812. The number of rotatable bonds is 4. The second-order valence-electron chi connectivity index (χ2n) is 4.19. The summed E-state index contributed by atoms with van der Waals surface area (Å²) in [6, 6.07) is 5.98. The first-order chi connectivity index (χ1) is 9.52.